The summed E-state index contributed by atoms with van der Waals surface area (Å²) in [5.41, 5.74) is -7.67. The van der Waals surface area contributed by atoms with Crippen molar-refractivity contribution in [2.45, 2.75) is 160 Å². The van der Waals surface area contributed by atoms with E-state index in [4.69, 9.17) is 23.7 Å². The zero-order chi connectivity index (χ0) is 74.9. The fourth-order valence-electron chi connectivity index (χ4n) is 30.0. The Morgan fingerprint density at radius 1 is 0.310 bits per heavy atom. The normalized spacial score (nSPS) is 19.9. The number of rotatable bonds is 20. The highest BCUT2D eigenvalue weighted by Crippen LogP contribution is 2.97. The standard InChI is InChI=1S/C95H54N4O14/c1-89(2,3)111-23(101)13-16-92(17-14-24(102)112-90(4,5)6,18-15-25(103)113-91(7,8)9)98-22(100)12-10-20-109-84(104)95(85(105)110-21-11-19-99-87(107)96-86(106)97-88(99)108)93-80-72-64-54-44-36-28-26-27-30-34-32(28)40-48-42(34)52-46-38(30)39-31(27)35-33-29(26)37(36)45-51-41(33)49-43(35)53-47(39)57-56(46)66-60(52)70-62(48)68(58(64)50(40)44)76(80)78(70)82-74(66)75-67(57)61(53)71-63(49)69-59(51)65(55(45)54)73(72)81(93)77(69)79(71)83(75)94(82,93)95/h10-21H2,1-9H3,(H,98,100)(H2,96,97,106,107,108). The molecule has 538 valence electrons. The van der Waals surface area contributed by atoms with Crippen molar-refractivity contribution in [3.63, 3.8) is 0 Å². The number of benzene rings is 18. The van der Waals surface area contributed by atoms with Crippen LogP contribution in [0.25, 0.3) is 291 Å². The zero-order valence-corrected chi connectivity index (χ0v) is 62.1. The quantitative estimate of drug-likeness (QED) is 0.0211. The summed E-state index contributed by atoms with van der Waals surface area (Å²) in [7, 11) is 0. The predicted octanol–water partition coefficient (Wildman–Crippen LogP) is 18.0. The third-order valence-electron chi connectivity index (χ3n) is 31.5. The molecule has 5 aliphatic rings. The summed E-state index contributed by atoms with van der Waals surface area (Å²) in [6.07, 6.45) is -0.748. The second kappa shape index (κ2) is 15.1. The molecule has 1 fully saturated rings. The highest BCUT2D eigenvalue weighted by molar-refractivity contribution is 6.82. The van der Waals surface area contributed by atoms with E-state index >= 15 is 14.4 Å². The number of carbonyl (C=O) groups is 6. The first-order chi connectivity index (χ1) is 54.3. The summed E-state index contributed by atoms with van der Waals surface area (Å²) in [5, 5.41) is 74.6. The minimum Gasteiger partial charge on any atom is -0.465 e. The van der Waals surface area contributed by atoms with Crippen LogP contribution in [0, 0.1) is 5.41 Å². The Bertz CT molecular complexity index is 8720. The van der Waals surface area contributed by atoms with Crippen LogP contribution in [0.3, 0.4) is 0 Å². The van der Waals surface area contributed by atoms with E-state index in [2.05, 4.69) is 15.3 Å². The molecule has 18 nitrogen and oxygen atoms in total. The van der Waals surface area contributed by atoms with E-state index in [0.717, 1.165) is 69.9 Å². The van der Waals surface area contributed by atoms with Crippen LogP contribution in [0.1, 0.15) is 142 Å². The number of carbonyl (C=O) groups excluding carboxylic acids is 6. The molecule has 0 saturated heterocycles. The van der Waals surface area contributed by atoms with Crippen molar-refractivity contribution in [2.24, 2.45) is 5.41 Å². The highest BCUT2D eigenvalue weighted by atomic mass is 16.6. The monoisotopic (exact) mass is 1470 g/mol. The van der Waals surface area contributed by atoms with Crippen LogP contribution in [0.5, 0.6) is 0 Å². The van der Waals surface area contributed by atoms with Gasteiger partial charge in [0, 0.05) is 37.8 Å². The molecule has 18 heteroatoms. The molecule has 1 heterocycles. The van der Waals surface area contributed by atoms with Gasteiger partial charge in [-0.3, -0.25) is 38.7 Å². The van der Waals surface area contributed by atoms with Crippen molar-refractivity contribution < 1.29 is 52.5 Å². The maximum atomic E-state index is 18.2. The number of ether oxygens (including phenoxy) is 5. The molecule has 0 radical (unpaired) electrons. The number of aromatic nitrogens is 3. The Morgan fingerprint density at radius 3 is 0.743 bits per heavy atom. The van der Waals surface area contributed by atoms with E-state index in [9.17, 15) is 28.8 Å². The van der Waals surface area contributed by atoms with Crippen LogP contribution >= 0.6 is 0 Å². The Hall–Kier alpha value is -12.3. The van der Waals surface area contributed by atoms with E-state index < -0.39 is 91.4 Å². The van der Waals surface area contributed by atoms with Crippen molar-refractivity contribution >= 4 is 327 Å². The molecule has 0 aliphatic heterocycles. The molecule has 2 spiro atoms. The third kappa shape index (κ3) is 4.56. The van der Waals surface area contributed by atoms with Gasteiger partial charge in [-0.15, -0.1) is 0 Å². The van der Waals surface area contributed by atoms with Gasteiger partial charge < -0.3 is 29.0 Å². The van der Waals surface area contributed by atoms with Crippen LogP contribution in [0.4, 0.5) is 0 Å². The van der Waals surface area contributed by atoms with Crippen molar-refractivity contribution in [3.8, 4) is 0 Å². The SMILES string of the molecule is CC(C)(C)OC(=O)CCC(CCC(=O)OC(C)(C)C)(CCC(=O)OC(C)(C)C)NC(=O)CCCOC(=O)C1(C(=O)OCCCn2c(=O)[nH]c(=O)[nH]c2=O)C23c4c5c6c7c8c9c(c%10c%11c2c2c4c4c%12c5c5c6c6c8c8c%13c9c9c%10c%10c%11c%11c2c2c4c4c%12c%12c5c5c6c8c6c8c%13c9c9c%10c%10c%11c2c2c4c4c%12c5c6c5c8c9c%10c2c45)C713. The van der Waals surface area contributed by atoms with Gasteiger partial charge in [0.05, 0.1) is 24.0 Å². The van der Waals surface area contributed by atoms with Gasteiger partial charge in [0.15, 0.2) is 5.41 Å². The summed E-state index contributed by atoms with van der Waals surface area (Å²) >= 11 is 0. The number of hydrogen-bond acceptors (Lipinski definition) is 14. The summed E-state index contributed by atoms with van der Waals surface area (Å²) < 4.78 is 32.5. The smallest absolute Gasteiger partial charge is 0.333 e. The first kappa shape index (κ1) is 56.8. The van der Waals surface area contributed by atoms with Crippen LogP contribution in [0.2, 0.25) is 0 Å². The molecule has 34 rings (SSSR count). The van der Waals surface area contributed by atoms with Gasteiger partial charge in [0.2, 0.25) is 5.91 Å². The molecule has 0 unspecified atom stereocenters. The summed E-state index contributed by atoms with van der Waals surface area (Å²) in [5.74, 6) is -3.58. The summed E-state index contributed by atoms with van der Waals surface area (Å²) in [6.45, 7) is 15.1. The lowest BCUT2D eigenvalue weighted by Crippen LogP contribution is -2.50. The van der Waals surface area contributed by atoms with E-state index in [1.165, 1.54) is 248 Å². The maximum Gasteiger partial charge on any atom is 0.333 e. The number of esters is 5. The van der Waals surface area contributed by atoms with Crippen LogP contribution in [-0.2, 0) is 69.8 Å². The third-order valence-corrected chi connectivity index (χ3v) is 31.5. The lowest BCUT2D eigenvalue weighted by molar-refractivity contribution is -0.167. The molecule has 1 aromatic heterocycles. The van der Waals surface area contributed by atoms with Crippen LogP contribution in [0.15, 0.2) is 14.4 Å². The Balaban J connectivity index is 0.653. The van der Waals surface area contributed by atoms with E-state index in [-0.39, 0.29) is 77.5 Å². The summed E-state index contributed by atoms with van der Waals surface area (Å²) in [6, 6.07) is 0. The molecule has 1 amide bonds. The van der Waals surface area contributed by atoms with E-state index in [1.807, 2.05) is 0 Å². The van der Waals surface area contributed by atoms with Crippen molar-refractivity contribution in [3.05, 3.63) is 53.7 Å². The molecule has 113 heavy (non-hydrogen) atoms. The Morgan fingerprint density at radius 2 is 0.522 bits per heavy atom. The lowest BCUT2D eigenvalue weighted by atomic mass is 9.68. The molecule has 0 atom stereocenters. The predicted molar refractivity (Wildman–Crippen MR) is 440 cm³/mol. The van der Waals surface area contributed by atoms with Gasteiger partial charge in [0.1, 0.15) is 16.8 Å². The number of H-pyrrole nitrogens is 2. The first-order valence-electron chi connectivity index (χ1n) is 40.3. The average molecular weight is 1480 g/mol. The fourth-order valence-corrected chi connectivity index (χ4v) is 30.0. The van der Waals surface area contributed by atoms with Crippen molar-refractivity contribution in [2.75, 3.05) is 13.2 Å². The minimum atomic E-state index is -2.20. The van der Waals surface area contributed by atoms with Gasteiger partial charge in [-0.25, -0.2) is 19.0 Å². The number of nitrogens with zero attached hydrogens (tertiary/aromatic N) is 1. The van der Waals surface area contributed by atoms with Crippen molar-refractivity contribution in [1.29, 1.82) is 0 Å². The van der Waals surface area contributed by atoms with E-state index in [0.29, 0.717) is 0 Å². The van der Waals surface area contributed by atoms with Gasteiger partial charge in [-0.05, 0) is 408 Å². The largest absolute Gasteiger partial charge is 0.465 e. The number of hydrogen-bond donors (Lipinski definition) is 3. The minimum absolute atomic E-state index is 0.000104. The van der Waals surface area contributed by atoms with E-state index in [1.54, 1.807) is 62.3 Å². The van der Waals surface area contributed by atoms with Gasteiger partial charge >= 0.3 is 46.9 Å². The molecule has 28 aromatic carbocycles. The fraction of sp³-hybridized carbons (Fsp3) is 0.295. The van der Waals surface area contributed by atoms with Gasteiger partial charge in [-0.1, -0.05) is 0 Å². The molecule has 29 aromatic rings. The van der Waals surface area contributed by atoms with Crippen molar-refractivity contribution in [1.82, 2.24) is 19.9 Å². The van der Waals surface area contributed by atoms with Crippen LogP contribution in [-0.4, -0.2) is 85.8 Å². The van der Waals surface area contributed by atoms with Gasteiger partial charge in [-0.2, -0.15) is 0 Å². The Labute approximate surface area is 627 Å². The number of nitrogens with one attached hydrogen (secondary N) is 3. The molecule has 0 bridgehead atoms. The second-order valence-corrected chi connectivity index (χ2v) is 39.2. The zero-order valence-electron chi connectivity index (χ0n) is 62.1. The molecule has 3 N–H and O–H groups in total. The number of amides is 1. The maximum absolute atomic E-state index is 18.2. The molecule has 1 saturated carbocycles. The van der Waals surface area contributed by atoms with Gasteiger partial charge in [0.25, 0.3) is 0 Å². The molecule has 5 aliphatic carbocycles. The second-order valence-electron chi connectivity index (χ2n) is 39.2. The molecular weight excluding hydrogens is 1420 g/mol. The lowest BCUT2D eigenvalue weighted by Gasteiger charge is -2.36. The highest BCUT2D eigenvalue weighted by Gasteiger charge is 3.01. The average Bonchev–Trinajstić information content (AvgIpc) is 1.35. The molecular formula is C95H54N4O14. The summed E-state index contributed by atoms with van der Waals surface area (Å²) in [4.78, 5) is 136. The Kier molecular flexibility index (Phi) is 7.59. The van der Waals surface area contributed by atoms with Crippen LogP contribution < -0.4 is 22.4 Å². The first-order valence-corrected chi connectivity index (χ1v) is 40.3. The number of aromatic amines is 2. The topological polar surface area (TPSA) is 248 Å².